The predicted octanol–water partition coefficient (Wildman–Crippen LogP) is 7.62. The lowest BCUT2D eigenvalue weighted by Gasteiger charge is -2.03. The summed E-state index contributed by atoms with van der Waals surface area (Å²) < 4.78 is 8.64. The van der Waals surface area contributed by atoms with Gasteiger partial charge in [0, 0.05) is 30.9 Å². The molecule has 6 aromatic rings. The van der Waals surface area contributed by atoms with Gasteiger partial charge in [0.2, 0.25) is 0 Å². The van der Waals surface area contributed by atoms with Crippen LogP contribution in [0, 0.1) is 0 Å². The maximum absolute atomic E-state index is 5.96. The molecule has 2 heteroatoms. The van der Waals surface area contributed by atoms with E-state index < -0.39 is 0 Å². The highest BCUT2D eigenvalue weighted by molar-refractivity contribution is 7.25. The van der Waals surface area contributed by atoms with Crippen LogP contribution in [-0.2, 0) is 0 Å². The van der Waals surface area contributed by atoms with Gasteiger partial charge in [-0.05, 0) is 47.5 Å². The second kappa shape index (κ2) is 5.20. The third kappa shape index (κ3) is 1.97. The van der Waals surface area contributed by atoms with Crippen molar-refractivity contribution in [3.8, 4) is 11.1 Å². The third-order valence-corrected chi connectivity index (χ3v) is 6.24. The van der Waals surface area contributed by atoms with E-state index in [9.17, 15) is 0 Å². The SMILES string of the molecule is c1ccc2c(c1)oc1ccc(-c3ccc4sc5ccccc5c4c3)cc12. The second-order valence-corrected chi connectivity index (χ2v) is 7.70. The first-order valence-corrected chi connectivity index (χ1v) is 9.51. The lowest BCUT2D eigenvalue weighted by Crippen LogP contribution is -1.78. The average Bonchev–Trinajstić information content (AvgIpc) is 3.25. The zero-order valence-corrected chi connectivity index (χ0v) is 14.7. The van der Waals surface area contributed by atoms with Crippen LogP contribution in [-0.4, -0.2) is 0 Å². The van der Waals surface area contributed by atoms with Crippen molar-refractivity contribution in [2.75, 3.05) is 0 Å². The Morgan fingerprint density at radius 2 is 1.15 bits per heavy atom. The minimum Gasteiger partial charge on any atom is -0.456 e. The highest BCUT2D eigenvalue weighted by Crippen LogP contribution is 2.37. The van der Waals surface area contributed by atoms with Crippen molar-refractivity contribution in [2.24, 2.45) is 0 Å². The highest BCUT2D eigenvalue weighted by atomic mass is 32.1. The molecule has 0 amide bonds. The van der Waals surface area contributed by atoms with E-state index in [1.54, 1.807) is 0 Å². The molecule has 2 aromatic heterocycles. The quantitative estimate of drug-likeness (QED) is 0.297. The molecule has 26 heavy (non-hydrogen) atoms. The van der Waals surface area contributed by atoms with E-state index >= 15 is 0 Å². The maximum atomic E-state index is 5.96. The smallest absolute Gasteiger partial charge is 0.135 e. The molecule has 6 rings (SSSR count). The molecule has 0 aliphatic heterocycles. The summed E-state index contributed by atoms with van der Waals surface area (Å²) in [4.78, 5) is 0. The molecule has 2 heterocycles. The summed E-state index contributed by atoms with van der Waals surface area (Å²) in [5.41, 5.74) is 4.35. The van der Waals surface area contributed by atoms with E-state index in [0.29, 0.717) is 0 Å². The van der Waals surface area contributed by atoms with Gasteiger partial charge in [0.05, 0.1) is 0 Å². The van der Waals surface area contributed by atoms with Gasteiger partial charge < -0.3 is 4.42 Å². The van der Waals surface area contributed by atoms with Crippen molar-refractivity contribution in [1.82, 2.24) is 0 Å². The van der Waals surface area contributed by atoms with Crippen LogP contribution in [0.25, 0.3) is 53.2 Å². The van der Waals surface area contributed by atoms with E-state index in [4.69, 9.17) is 4.42 Å². The van der Waals surface area contributed by atoms with Gasteiger partial charge in [0.15, 0.2) is 0 Å². The summed E-state index contributed by atoms with van der Waals surface area (Å²) in [5, 5.41) is 5.02. The van der Waals surface area contributed by atoms with Gasteiger partial charge in [-0.3, -0.25) is 0 Å². The van der Waals surface area contributed by atoms with Crippen LogP contribution in [0.2, 0.25) is 0 Å². The summed E-state index contributed by atoms with van der Waals surface area (Å²) in [7, 11) is 0. The monoisotopic (exact) mass is 350 g/mol. The first-order chi connectivity index (χ1) is 12.9. The molecule has 122 valence electrons. The molecule has 0 spiro atoms. The molecule has 0 atom stereocenters. The third-order valence-electron chi connectivity index (χ3n) is 5.09. The molecule has 0 saturated heterocycles. The lowest BCUT2D eigenvalue weighted by atomic mass is 10.0. The van der Waals surface area contributed by atoms with Crippen molar-refractivity contribution in [3.05, 3.63) is 84.9 Å². The fraction of sp³-hybridized carbons (Fsp3) is 0. The van der Waals surface area contributed by atoms with Crippen molar-refractivity contribution < 1.29 is 4.42 Å². The molecule has 1 nitrogen and oxygen atoms in total. The molecule has 0 bridgehead atoms. The summed E-state index contributed by atoms with van der Waals surface area (Å²) in [6.45, 7) is 0. The average molecular weight is 350 g/mol. The van der Waals surface area contributed by atoms with Gasteiger partial charge in [0.25, 0.3) is 0 Å². The number of rotatable bonds is 1. The molecule has 0 saturated carbocycles. The van der Waals surface area contributed by atoms with Gasteiger partial charge in [-0.15, -0.1) is 11.3 Å². The minimum absolute atomic E-state index is 0.942. The van der Waals surface area contributed by atoms with Gasteiger partial charge >= 0.3 is 0 Å². The molecule has 0 aliphatic rings. The van der Waals surface area contributed by atoms with Crippen molar-refractivity contribution in [1.29, 1.82) is 0 Å². The van der Waals surface area contributed by atoms with Gasteiger partial charge in [0.1, 0.15) is 11.2 Å². The molecular formula is C24H14OS. The molecule has 4 aromatic carbocycles. The lowest BCUT2D eigenvalue weighted by molar-refractivity contribution is 0.669. The Balaban J connectivity index is 1.61. The predicted molar refractivity (Wildman–Crippen MR) is 112 cm³/mol. The van der Waals surface area contributed by atoms with E-state index in [0.717, 1.165) is 11.2 Å². The van der Waals surface area contributed by atoms with Crippen LogP contribution < -0.4 is 0 Å². The number of thiophene rings is 1. The topological polar surface area (TPSA) is 13.1 Å². The molecule has 0 aliphatic carbocycles. The first-order valence-electron chi connectivity index (χ1n) is 8.70. The van der Waals surface area contributed by atoms with Crippen LogP contribution in [0.4, 0.5) is 0 Å². The summed E-state index contributed by atoms with van der Waals surface area (Å²) >= 11 is 1.86. The Morgan fingerprint density at radius 3 is 2.08 bits per heavy atom. The Kier molecular flexibility index (Phi) is 2.82. The van der Waals surface area contributed by atoms with Crippen molar-refractivity contribution in [2.45, 2.75) is 0 Å². The zero-order valence-electron chi connectivity index (χ0n) is 13.9. The number of furan rings is 1. The molecule has 0 N–H and O–H groups in total. The van der Waals surface area contributed by atoms with Gasteiger partial charge in [-0.2, -0.15) is 0 Å². The fourth-order valence-electron chi connectivity index (χ4n) is 3.81. The van der Waals surface area contributed by atoms with E-state index in [-0.39, 0.29) is 0 Å². The van der Waals surface area contributed by atoms with Gasteiger partial charge in [-0.1, -0.05) is 48.5 Å². The van der Waals surface area contributed by atoms with Crippen LogP contribution in [0.15, 0.2) is 89.3 Å². The Morgan fingerprint density at radius 1 is 0.500 bits per heavy atom. The van der Waals surface area contributed by atoms with Crippen molar-refractivity contribution in [3.63, 3.8) is 0 Å². The Labute approximate surface area is 154 Å². The van der Waals surface area contributed by atoms with Crippen LogP contribution in [0.3, 0.4) is 0 Å². The van der Waals surface area contributed by atoms with E-state index in [1.807, 2.05) is 23.5 Å². The normalized spacial score (nSPS) is 11.8. The number of hydrogen-bond donors (Lipinski definition) is 0. The summed E-state index contributed by atoms with van der Waals surface area (Å²) in [5.74, 6) is 0. The fourth-order valence-corrected chi connectivity index (χ4v) is 4.90. The maximum Gasteiger partial charge on any atom is 0.135 e. The second-order valence-electron chi connectivity index (χ2n) is 6.62. The number of hydrogen-bond acceptors (Lipinski definition) is 2. The number of benzene rings is 4. The Hall–Kier alpha value is -3.10. The van der Waals surface area contributed by atoms with E-state index in [2.05, 4.69) is 72.8 Å². The van der Waals surface area contributed by atoms with Crippen LogP contribution in [0.5, 0.6) is 0 Å². The highest BCUT2D eigenvalue weighted by Gasteiger charge is 2.10. The number of fused-ring (bicyclic) bond motifs is 6. The first kappa shape index (κ1) is 14.1. The van der Waals surface area contributed by atoms with E-state index in [1.165, 1.54) is 42.1 Å². The molecule has 0 radical (unpaired) electrons. The summed E-state index contributed by atoms with van der Waals surface area (Å²) in [6.07, 6.45) is 0. The van der Waals surface area contributed by atoms with Crippen LogP contribution >= 0.6 is 11.3 Å². The van der Waals surface area contributed by atoms with Crippen LogP contribution in [0.1, 0.15) is 0 Å². The van der Waals surface area contributed by atoms with Gasteiger partial charge in [-0.25, -0.2) is 0 Å². The molecule has 0 fully saturated rings. The Bertz CT molecular complexity index is 1320. The number of para-hydroxylation sites is 1. The zero-order chi connectivity index (χ0) is 17.1. The summed E-state index contributed by atoms with van der Waals surface area (Å²) in [6, 6.07) is 30.1. The molecule has 0 unspecified atom stereocenters. The standard InChI is InChI=1S/C24H14OS/c1-3-7-21-17(5-1)19-13-15(9-11-22(19)25-21)16-10-12-24-20(14-16)18-6-2-4-8-23(18)26-24/h1-14H. The molecular weight excluding hydrogens is 336 g/mol. The largest absolute Gasteiger partial charge is 0.456 e. The minimum atomic E-state index is 0.942. The van der Waals surface area contributed by atoms with Crippen molar-refractivity contribution >= 4 is 53.4 Å².